The standard InChI is InChI=1S/C20H30ClN3O4S2/c1-29(25,26)22-8-3-11-30(27,28)24-9-2-4-16-14-23-10-7-15-5-6-17(21)12-18(15)20(23)13-19(16)24/h5-6,12,16,19-20,22H,2-4,7-11,13-14H2,1H3/t16-,19+,20+/m1/s1. The van der Waals surface area contributed by atoms with Crippen molar-refractivity contribution in [1.29, 1.82) is 0 Å². The zero-order chi connectivity index (χ0) is 21.5. The summed E-state index contributed by atoms with van der Waals surface area (Å²) < 4.78 is 52.8. The Kier molecular flexibility index (Phi) is 6.50. The molecule has 0 amide bonds. The second-order valence-electron chi connectivity index (χ2n) is 8.76. The van der Waals surface area contributed by atoms with Gasteiger partial charge in [0.1, 0.15) is 0 Å². The Morgan fingerprint density at radius 3 is 2.77 bits per heavy atom. The van der Waals surface area contributed by atoms with Crippen LogP contribution < -0.4 is 4.72 Å². The fourth-order valence-corrected chi connectivity index (χ4v) is 7.86. The quantitative estimate of drug-likeness (QED) is 0.636. The monoisotopic (exact) mass is 475 g/mol. The summed E-state index contributed by atoms with van der Waals surface area (Å²) in [5.74, 6) is 0.315. The van der Waals surface area contributed by atoms with E-state index in [0.717, 1.165) is 50.1 Å². The van der Waals surface area contributed by atoms with Crippen molar-refractivity contribution >= 4 is 31.6 Å². The number of nitrogens with one attached hydrogen (secondary N) is 1. The average Bonchev–Trinajstić information content (AvgIpc) is 2.68. The summed E-state index contributed by atoms with van der Waals surface area (Å²) in [4.78, 5) is 2.51. The van der Waals surface area contributed by atoms with Crippen LogP contribution in [0.25, 0.3) is 0 Å². The highest BCUT2D eigenvalue weighted by atomic mass is 35.5. The number of hydrogen-bond acceptors (Lipinski definition) is 5. The summed E-state index contributed by atoms with van der Waals surface area (Å²) in [6.45, 7) is 2.62. The molecule has 2 saturated heterocycles. The molecule has 0 spiro atoms. The molecule has 0 saturated carbocycles. The Bertz CT molecular complexity index is 999. The third-order valence-corrected chi connectivity index (χ3v) is 9.61. The Morgan fingerprint density at radius 2 is 2.00 bits per heavy atom. The van der Waals surface area contributed by atoms with Gasteiger partial charge in [0.25, 0.3) is 0 Å². The second-order valence-corrected chi connectivity index (χ2v) is 13.1. The lowest BCUT2D eigenvalue weighted by Gasteiger charge is -2.51. The lowest BCUT2D eigenvalue weighted by atomic mass is 9.77. The Labute approximate surface area is 184 Å². The number of hydrogen-bond donors (Lipinski definition) is 1. The molecule has 30 heavy (non-hydrogen) atoms. The SMILES string of the molecule is CS(=O)(=O)NCCCS(=O)(=O)N1CCC[C@@H]2CN3CCc4ccc(Cl)cc4[C@@H]3C[C@@H]21. The van der Waals surface area contributed by atoms with E-state index in [1.807, 2.05) is 12.1 Å². The highest BCUT2D eigenvalue weighted by Gasteiger charge is 2.45. The maximum absolute atomic E-state index is 13.1. The van der Waals surface area contributed by atoms with Gasteiger partial charge in [-0.25, -0.2) is 21.6 Å². The molecule has 3 heterocycles. The molecule has 3 aliphatic heterocycles. The molecule has 3 aliphatic rings. The van der Waals surface area contributed by atoms with Gasteiger partial charge in [-0.2, -0.15) is 4.31 Å². The fourth-order valence-electron chi connectivity index (χ4n) is 5.35. The third-order valence-electron chi connectivity index (χ3n) is 6.68. The molecule has 4 rings (SSSR count). The first-order valence-corrected chi connectivity index (χ1v) is 14.5. The molecule has 7 nitrogen and oxygen atoms in total. The fraction of sp³-hybridized carbons (Fsp3) is 0.700. The molecule has 2 fully saturated rings. The van der Waals surface area contributed by atoms with Gasteiger partial charge < -0.3 is 0 Å². The van der Waals surface area contributed by atoms with Gasteiger partial charge in [-0.05, 0) is 61.3 Å². The van der Waals surface area contributed by atoms with E-state index in [2.05, 4.69) is 15.7 Å². The normalized spacial score (nSPS) is 27.9. The predicted molar refractivity (Wildman–Crippen MR) is 119 cm³/mol. The summed E-state index contributed by atoms with van der Waals surface area (Å²) in [6, 6.07) is 6.29. The van der Waals surface area contributed by atoms with Gasteiger partial charge >= 0.3 is 0 Å². The predicted octanol–water partition coefficient (Wildman–Crippen LogP) is 1.99. The molecule has 1 aromatic carbocycles. The molecular formula is C20H30ClN3O4S2. The lowest BCUT2D eigenvalue weighted by Crippen LogP contribution is -2.57. The van der Waals surface area contributed by atoms with Crippen LogP contribution in [0.4, 0.5) is 0 Å². The van der Waals surface area contributed by atoms with E-state index < -0.39 is 20.0 Å². The number of halogens is 1. The van der Waals surface area contributed by atoms with Crippen LogP contribution in [0.1, 0.15) is 42.9 Å². The first-order valence-electron chi connectivity index (χ1n) is 10.6. The molecule has 10 heteroatoms. The largest absolute Gasteiger partial charge is 0.296 e. The molecule has 1 aromatic rings. The minimum Gasteiger partial charge on any atom is -0.296 e. The van der Waals surface area contributed by atoms with Gasteiger partial charge in [0.2, 0.25) is 20.0 Å². The summed E-state index contributed by atoms with van der Waals surface area (Å²) in [7, 11) is -6.75. The summed E-state index contributed by atoms with van der Waals surface area (Å²) in [5, 5.41) is 0.726. The van der Waals surface area contributed by atoms with Crippen molar-refractivity contribution in [2.24, 2.45) is 5.92 Å². The number of rotatable bonds is 6. The van der Waals surface area contributed by atoms with Gasteiger partial charge in [0, 0.05) is 43.3 Å². The highest BCUT2D eigenvalue weighted by molar-refractivity contribution is 7.89. The van der Waals surface area contributed by atoms with Gasteiger partial charge in [-0.1, -0.05) is 17.7 Å². The minimum atomic E-state index is -3.44. The number of nitrogens with zero attached hydrogens (tertiary/aromatic N) is 2. The maximum atomic E-state index is 13.1. The molecule has 1 N–H and O–H groups in total. The van der Waals surface area contributed by atoms with E-state index in [9.17, 15) is 16.8 Å². The van der Waals surface area contributed by atoms with Crippen LogP contribution in [0.3, 0.4) is 0 Å². The van der Waals surface area contributed by atoms with Crippen LogP contribution in [0, 0.1) is 5.92 Å². The van der Waals surface area contributed by atoms with E-state index in [1.165, 1.54) is 11.1 Å². The average molecular weight is 476 g/mol. The van der Waals surface area contributed by atoms with Crippen molar-refractivity contribution in [2.45, 2.75) is 44.2 Å². The number of fused-ring (bicyclic) bond motifs is 4. The summed E-state index contributed by atoms with van der Waals surface area (Å²) >= 11 is 6.28. The van der Waals surface area contributed by atoms with Gasteiger partial charge in [-0.3, -0.25) is 4.90 Å². The summed E-state index contributed by atoms with van der Waals surface area (Å²) in [6.07, 6.45) is 5.09. The molecule has 0 aromatic heterocycles. The van der Waals surface area contributed by atoms with Gasteiger partial charge in [-0.15, -0.1) is 0 Å². The van der Waals surface area contributed by atoms with Crippen molar-refractivity contribution in [1.82, 2.24) is 13.9 Å². The van der Waals surface area contributed by atoms with Crippen LogP contribution in [0.15, 0.2) is 18.2 Å². The Hall–Kier alpha value is -0.710. The van der Waals surface area contributed by atoms with E-state index in [-0.39, 0.29) is 30.8 Å². The van der Waals surface area contributed by atoms with Crippen LogP contribution in [-0.4, -0.2) is 70.3 Å². The van der Waals surface area contributed by atoms with E-state index in [0.29, 0.717) is 12.5 Å². The van der Waals surface area contributed by atoms with Crippen LogP contribution in [0.2, 0.25) is 5.02 Å². The zero-order valence-corrected chi connectivity index (χ0v) is 19.6. The first-order chi connectivity index (χ1) is 14.1. The van der Waals surface area contributed by atoms with Crippen molar-refractivity contribution in [3.05, 3.63) is 34.3 Å². The first kappa shape index (κ1) is 22.5. The van der Waals surface area contributed by atoms with E-state index in [1.54, 1.807) is 4.31 Å². The van der Waals surface area contributed by atoms with Gasteiger partial charge in [0.15, 0.2) is 0 Å². The van der Waals surface area contributed by atoms with Crippen LogP contribution in [-0.2, 0) is 26.5 Å². The summed E-state index contributed by atoms with van der Waals surface area (Å²) in [5.41, 5.74) is 2.56. The molecule has 3 atom stereocenters. The number of piperidine rings is 2. The molecule has 0 bridgehead atoms. The Balaban J connectivity index is 1.50. The third kappa shape index (κ3) is 4.86. The van der Waals surface area contributed by atoms with E-state index in [4.69, 9.17) is 11.6 Å². The smallest absolute Gasteiger partial charge is 0.214 e. The van der Waals surface area contributed by atoms with Gasteiger partial charge in [0.05, 0.1) is 12.0 Å². The van der Waals surface area contributed by atoms with Crippen LogP contribution in [0.5, 0.6) is 0 Å². The number of sulfonamides is 2. The van der Waals surface area contributed by atoms with Crippen LogP contribution >= 0.6 is 11.6 Å². The molecule has 0 radical (unpaired) electrons. The zero-order valence-electron chi connectivity index (χ0n) is 17.3. The van der Waals surface area contributed by atoms with Crippen molar-refractivity contribution < 1.29 is 16.8 Å². The van der Waals surface area contributed by atoms with Crippen molar-refractivity contribution in [3.8, 4) is 0 Å². The van der Waals surface area contributed by atoms with Crippen molar-refractivity contribution in [2.75, 3.05) is 38.2 Å². The molecule has 0 unspecified atom stereocenters. The van der Waals surface area contributed by atoms with Crippen molar-refractivity contribution in [3.63, 3.8) is 0 Å². The second kappa shape index (κ2) is 8.67. The molecule has 168 valence electrons. The van der Waals surface area contributed by atoms with E-state index >= 15 is 0 Å². The number of benzene rings is 1. The molecular weight excluding hydrogens is 446 g/mol. The topological polar surface area (TPSA) is 86.8 Å². The maximum Gasteiger partial charge on any atom is 0.214 e. The highest BCUT2D eigenvalue weighted by Crippen LogP contribution is 2.44. The lowest BCUT2D eigenvalue weighted by molar-refractivity contribution is 0.0220. The Morgan fingerprint density at radius 1 is 1.20 bits per heavy atom. The molecule has 0 aliphatic carbocycles. The minimum absolute atomic E-state index is 0.00204.